The molecule has 78 valence electrons. The molecule has 0 spiro atoms. The lowest BCUT2D eigenvalue weighted by Gasteiger charge is -1.99. The summed E-state index contributed by atoms with van der Waals surface area (Å²) < 4.78 is 0. The first-order valence-corrected chi connectivity index (χ1v) is 5.03. The molecule has 0 N–H and O–H groups in total. The average molecular weight is 209 g/mol. The highest BCUT2D eigenvalue weighted by Crippen LogP contribution is 2.14. The van der Waals surface area contributed by atoms with Crippen LogP contribution in [0.1, 0.15) is 11.3 Å². The molecule has 1 heterocycles. The van der Waals surface area contributed by atoms with Crippen molar-refractivity contribution in [3.05, 3.63) is 66.0 Å². The Morgan fingerprint density at radius 2 is 1.75 bits per heavy atom. The van der Waals surface area contributed by atoms with Crippen molar-refractivity contribution in [2.75, 3.05) is 0 Å². The molecule has 2 aromatic rings. The van der Waals surface area contributed by atoms with Crippen molar-refractivity contribution in [1.82, 2.24) is 4.98 Å². The Balaban J connectivity index is 2.38. The van der Waals surface area contributed by atoms with Gasteiger partial charge in [0.15, 0.2) is 6.29 Å². The lowest BCUT2D eigenvalue weighted by atomic mass is 10.1. The van der Waals surface area contributed by atoms with Crippen LogP contribution in [0.5, 0.6) is 0 Å². The molecule has 0 saturated carbocycles. The van der Waals surface area contributed by atoms with E-state index in [1.165, 1.54) is 0 Å². The van der Waals surface area contributed by atoms with E-state index in [9.17, 15) is 4.79 Å². The van der Waals surface area contributed by atoms with Crippen molar-refractivity contribution in [3.63, 3.8) is 0 Å². The predicted octanol–water partition coefficient (Wildman–Crippen LogP) is 2.82. The van der Waals surface area contributed by atoms with Gasteiger partial charge in [0.05, 0.1) is 5.69 Å². The molecule has 0 aliphatic carbocycles. The number of nitrogens with zero attached hydrogens (tertiary/aromatic N) is 1. The van der Waals surface area contributed by atoms with Crippen LogP contribution in [0.25, 0.3) is 11.6 Å². The van der Waals surface area contributed by atoms with E-state index in [4.69, 9.17) is 0 Å². The molecule has 0 fully saturated rings. The first kappa shape index (κ1) is 10.3. The maximum atomic E-state index is 11.0. The van der Waals surface area contributed by atoms with Crippen molar-refractivity contribution in [2.45, 2.75) is 0 Å². The second kappa shape index (κ2) is 5.03. The maximum Gasteiger partial charge on any atom is 0.150 e. The Morgan fingerprint density at radius 3 is 2.38 bits per heavy atom. The molecular weight excluding hydrogens is 198 g/mol. The van der Waals surface area contributed by atoms with Crippen LogP contribution in [0.4, 0.5) is 0 Å². The first-order valence-electron chi connectivity index (χ1n) is 5.03. The molecular formula is C14H11NO. The summed E-state index contributed by atoms with van der Waals surface area (Å²) in [5.41, 5.74) is 2.33. The van der Waals surface area contributed by atoms with E-state index in [-0.39, 0.29) is 0 Å². The summed E-state index contributed by atoms with van der Waals surface area (Å²) >= 11 is 0. The van der Waals surface area contributed by atoms with Crippen LogP contribution in [0.15, 0.2) is 54.7 Å². The number of pyridine rings is 1. The Bertz CT molecular complexity index is 489. The molecule has 0 saturated heterocycles. The van der Waals surface area contributed by atoms with Gasteiger partial charge in [-0.2, -0.15) is 0 Å². The van der Waals surface area contributed by atoms with Crippen LogP contribution in [-0.4, -0.2) is 11.3 Å². The SMILES string of the molecule is O=C/C(=C/c1ccccn1)c1ccccc1. The summed E-state index contributed by atoms with van der Waals surface area (Å²) in [6.07, 6.45) is 4.34. The number of carbonyl (C=O) groups excluding carboxylic acids is 1. The summed E-state index contributed by atoms with van der Waals surface area (Å²) in [6.45, 7) is 0. The molecule has 0 radical (unpaired) electrons. The highest BCUT2D eigenvalue weighted by molar-refractivity contribution is 6.13. The van der Waals surface area contributed by atoms with Gasteiger partial charge in [-0.15, -0.1) is 0 Å². The largest absolute Gasteiger partial charge is 0.298 e. The van der Waals surface area contributed by atoms with E-state index < -0.39 is 0 Å². The Labute approximate surface area is 94.3 Å². The average Bonchev–Trinajstić information content (AvgIpc) is 2.38. The molecule has 0 unspecified atom stereocenters. The van der Waals surface area contributed by atoms with E-state index in [1.807, 2.05) is 48.5 Å². The topological polar surface area (TPSA) is 30.0 Å². The van der Waals surface area contributed by atoms with Crippen molar-refractivity contribution in [3.8, 4) is 0 Å². The number of hydrogen-bond donors (Lipinski definition) is 0. The minimum Gasteiger partial charge on any atom is -0.298 e. The van der Waals surface area contributed by atoms with Crippen molar-refractivity contribution in [1.29, 1.82) is 0 Å². The maximum absolute atomic E-state index is 11.0. The molecule has 0 amide bonds. The predicted molar refractivity (Wildman–Crippen MR) is 64.6 cm³/mol. The van der Waals surface area contributed by atoms with E-state index in [0.717, 1.165) is 17.5 Å². The van der Waals surface area contributed by atoms with E-state index >= 15 is 0 Å². The van der Waals surface area contributed by atoms with E-state index in [0.29, 0.717) is 5.57 Å². The molecule has 0 aliphatic rings. The third kappa shape index (κ3) is 2.42. The van der Waals surface area contributed by atoms with Crippen LogP contribution < -0.4 is 0 Å². The first-order chi connectivity index (χ1) is 7.90. The Hall–Kier alpha value is -2.22. The highest BCUT2D eigenvalue weighted by Gasteiger charge is 1.99. The van der Waals surface area contributed by atoms with Gasteiger partial charge in [-0.1, -0.05) is 36.4 Å². The van der Waals surface area contributed by atoms with Gasteiger partial charge in [-0.3, -0.25) is 9.78 Å². The molecule has 1 aromatic heterocycles. The van der Waals surface area contributed by atoms with Gasteiger partial charge < -0.3 is 0 Å². The third-order valence-corrected chi connectivity index (χ3v) is 2.23. The minimum atomic E-state index is 0.638. The zero-order chi connectivity index (χ0) is 11.2. The summed E-state index contributed by atoms with van der Waals surface area (Å²) in [6, 6.07) is 15.2. The van der Waals surface area contributed by atoms with Crippen LogP contribution in [0.2, 0.25) is 0 Å². The molecule has 2 heteroatoms. The molecule has 16 heavy (non-hydrogen) atoms. The smallest absolute Gasteiger partial charge is 0.150 e. The number of aromatic nitrogens is 1. The molecule has 0 atom stereocenters. The van der Waals surface area contributed by atoms with Crippen molar-refractivity contribution in [2.24, 2.45) is 0 Å². The summed E-state index contributed by atoms with van der Waals surface area (Å²) in [4.78, 5) is 15.2. The van der Waals surface area contributed by atoms with Crippen LogP contribution in [0, 0.1) is 0 Å². The molecule has 0 bridgehead atoms. The van der Waals surface area contributed by atoms with Gasteiger partial charge in [-0.25, -0.2) is 0 Å². The van der Waals surface area contributed by atoms with E-state index in [1.54, 1.807) is 12.3 Å². The quantitative estimate of drug-likeness (QED) is 0.574. The molecule has 2 rings (SSSR count). The van der Waals surface area contributed by atoms with Gasteiger partial charge >= 0.3 is 0 Å². The second-order valence-corrected chi connectivity index (χ2v) is 3.34. The number of benzene rings is 1. The van der Waals surface area contributed by atoms with Crippen molar-refractivity contribution < 1.29 is 4.79 Å². The zero-order valence-electron chi connectivity index (χ0n) is 8.71. The Morgan fingerprint density at radius 1 is 1.00 bits per heavy atom. The van der Waals surface area contributed by atoms with Crippen LogP contribution in [0.3, 0.4) is 0 Å². The molecule has 0 aliphatic heterocycles. The van der Waals surface area contributed by atoms with Gasteiger partial charge in [0.1, 0.15) is 0 Å². The van der Waals surface area contributed by atoms with Crippen LogP contribution >= 0.6 is 0 Å². The standard InChI is InChI=1S/C14H11NO/c16-11-13(12-6-2-1-3-7-12)10-14-8-4-5-9-15-14/h1-11H/b13-10-. The lowest BCUT2D eigenvalue weighted by Crippen LogP contribution is -1.86. The number of allylic oxidation sites excluding steroid dienone is 1. The number of hydrogen-bond acceptors (Lipinski definition) is 2. The van der Waals surface area contributed by atoms with E-state index in [2.05, 4.69) is 4.98 Å². The van der Waals surface area contributed by atoms with Gasteiger partial charge in [0, 0.05) is 11.8 Å². The second-order valence-electron chi connectivity index (χ2n) is 3.34. The Kier molecular flexibility index (Phi) is 3.24. The fraction of sp³-hybridized carbons (Fsp3) is 0. The number of rotatable bonds is 3. The lowest BCUT2D eigenvalue weighted by molar-refractivity contribution is -0.103. The van der Waals surface area contributed by atoms with Gasteiger partial charge in [0.25, 0.3) is 0 Å². The van der Waals surface area contributed by atoms with Gasteiger partial charge in [0.2, 0.25) is 0 Å². The fourth-order valence-corrected chi connectivity index (χ4v) is 1.44. The molecule has 1 aromatic carbocycles. The normalized spacial score (nSPS) is 11.1. The molecule has 2 nitrogen and oxygen atoms in total. The van der Waals surface area contributed by atoms with Crippen LogP contribution in [-0.2, 0) is 4.79 Å². The van der Waals surface area contributed by atoms with Gasteiger partial charge in [-0.05, 0) is 23.8 Å². The number of carbonyl (C=O) groups is 1. The summed E-state index contributed by atoms with van der Waals surface area (Å²) in [5.74, 6) is 0. The highest BCUT2D eigenvalue weighted by atomic mass is 16.1. The van der Waals surface area contributed by atoms with Crippen molar-refractivity contribution >= 4 is 17.9 Å². The monoisotopic (exact) mass is 209 g/mol. The summed E-state index contributed by atoms with van der Waals surface area (Å²) in [5, 5.41) is 0. The third-order valence-electron chi connectivity index (χ3n) is 2.23. The summed E-state index contributed by atoms with van der Waals surface area (Å²) in [7, 11) is 0. The minimum absolute atomic E-state index is 0.638. The number of aldehydes is 1. The fourth-order valence-electron chi connectivity index (χ4n) is 1.44. The zero-order valence-corrected chi connectivity index (χ0v) is 8.71.